The molecule has 14 heavy (non-hydrogen) atoms. The Morgan fingerprint density at radius 1 is 1.36 bits per heavy atom. The molecule has 0 radical (unpaired) electrons. The number of carbonyl (C=O) groups excluding carboxylic acids is 1. The molecular formula is C8H4ClI3O2. The highest BCUT2D eigenvalue weighted by Crippen LogP contribution is 2.33. The van der Waals surface area contributed by atoms with E-state index in [2.05, 4.69) is 67.8 Å². The van der Waals surface area contributed by atoms with Gasteiger partial charge >= 0.3 is 0 Å². The van der Waals surface area contributed by atoms with Crippen molar-refractivity contribution >= 4 is 84.6 Å². The first kappa shape index (κ1) is 13.2. The van der Waals surface area contributed by atoms with E-state index in [0.717, 1.165) is 10.7 Å². The maximum Gasteiger partial charge on any atom is 0.254 e. The zero-order chi connectivity index (χ0) is 10.9. The van der Waals surface area contributed by atoms with Crippen LogP contribution in [0.5, 0.6) is 5.75 Å². The van der Waals surface area contributed by atoms with Crippen LogP contribution in [-0.2, 0) is 0 Å². The second-order valence-electron chi connectivity index (χ2n) is 2.34. The predicted octanol–water partition coefficient (Wildman–Crippen LogP) is 3.89. The number of rotatable bonds is 2. The third-order valence-electron chi connectivity index (χ3n) is 1.53. The van der Waals surface area contributed by atoms with Gasteiger partial charge in [0.15, 0.2) is 0 Å². The molecule has 0 aliphatic heterocycles. The molecule has 0 aliphatic carbocycles. The van der Waals surface area contributed by atoms with Gasteiger partial charge < -0.3 is 4.74 Å². The second-order valence-corrected chi connectivity index (χ2v) is 6.08. The van der Waals surface area contributed by atoms with Gasteiger partial charge in [0, 0.05) is 3.57 Å². The van der Waals surface area contributed by atoms with E-state index in [1.54, 1.807) is 7.11 Å². The minimum absolute atomic E-state index is 0.450. The summed E-state index contributed by atoms with van der Waals surface area (Å²) in [6.45, 7) is 0. The van der Waals surface area contributed by atoms with Crippen molar-refractivity contribution in [1.29, 1.82) is 0 Å². The lowest BCUT2D eigenvalue weighted by molar-refractivity contribution is 0.107. The first-order chi connectivity index (χ1) is 6.49. The van der Waals surface area contributed by atoms with Gasteiger partial charge in [0.25, 0.3) is 5.24 Å². The molecule has 0 saturated carbocycles. The number of benzene rings is 1. The number of carbonyl (C=O) groups is 1. The Bertz CT molecular complexity index is 393. The lowest BCUT2D eigenvalue weighted by atomic mass is 10.2. The summed E-state index contributed by atoms with van der Waals surface area (Å²) in [5, 5.41) is -0.450. The van der Waals surface area contributed by atoms with Crippen LogP contribution in [0, 0.1) is 10.7 Å². The van der Waals surface area contributed by atoms with Crippen LogP contribution in [0.4, 0.5) is 0 Å². The molecule has 1 aromatic carbocycles. The Labute approximate surface area is 128 Å². The van der Waals surface area contributed by atoms with Crippen LogP contribution in [0.2, 0.25) is 0 Å². The monoisotopic (exact) mass is 548 g/mol. The smallest absolute Gasteiger partial charge is 0.254 e. The Kier molecular flexibility index (Phi) is 5.18. The Hall–Kier alpha value is 1.17. The fraction of sp³-hybridized carbons (Fsp3) is 0.125. The van der Waals surface area contributed by atoms with Gasteiger partial charge in [0.1, 0.15) is 5.75 Å². The van der Waals surface area contributed by atoms with Crippen molar-refractivity contribution in [2.24, 2.45) is 0 Å². The van der Waals surface area contributed by atoms with Gasteiger partial charge in [0.05, 0.1) is 19.8 Å². The second kappa shape index (κ2) is 5.48. The van der Waals surface area contributed by atoms with Crippen LogP contribution in [0.25, 0.3) is 0 Å². The molecule has 0 fully saturated rings. The highest BCUT2D eigenvalue weighted by atomic mass is 127. The van der Waals surface area contributed by atoms with Crippen molar-refractivity contribution in [3.05, 3.63) is 22.3 Å². The molecule has 0 aromatic heterocycles. The largest absolute Gasteiger partial charge is 0.495 e. The van der Waals surface area contributed by atoms with E-state index in [9.17, 15) is 4.79 Å². The molecule has 76 valence electrons. The number of hydrogen-bond donors (Lipinski definition) is 0. The number of ether oxygens (including phenoxy) is 1. The molecular weight excluding hydrogens is 544 g/mol. The molecule has 0 saturated heterocycles. The average molecular weight is 548 g/mol. The van der Waals surface area contributed by atoms with Crippen molar-refractivity contribution in [2.75, 3.05) is 7.11 Å². The molecule has 1 aromatic rings. The van der Waals surface area contributed by atoms with E-state index in [1.807, 2.05) is 6.07 Å². The van der Waals surface area contributed by atoms with Crippen molar-refractivity contribution < 1.29 is 9.53 Å². The van der Waals surface area contributed by atoms with E-state index in [-0.39, 0.29) is 0 Å². The molecule has 2 nitrogen and oxygen atoms in total. The topological polar surface area (TPSA) is 26.3 Å². The van der Waals surface area contributed by atoms with Gasteiger partial charge in [-0.15, -0.1) is 0 Å². The summed E-state index contributed by atoms with van der Waals surface area (Å²) in [5.74, 6) is 0.704. The minimum atomic E-state index is -0.450. The van der Waals surface area contributed by atoms with Gasteiger partial charge in [0.2, 0.25) is 0 Å². The van der Waals surface area contributed by atoms with Gasteiger partial charge in [-0.1, -0.05) is 0 Å². The third kappa shape index (κ3) is 2.64. The molecule has 0 N–H and O–H groups in total. The Balaban J connectivity index is 3.52. The van der Waals surface area contributed by atoms with Crippen LogP contribution in [0.3, 0.4) is 0 Å². The molecule has 0 amide bonds. The quantitative estimate of drug-likeness (QED) is 0.415. The third-order valence-corrected chi connectivity index (χ3v) is 4.40. The van der Waals surface area contributed by atoms with E-state index < -0.39 is 5.24 Å². The van der Waals surface area contributed by atoms with E-state index in [4.69, 9.17) is 16.3 Å². The predicted molar refractivity (Wildman–Crippen MR) is 81.3 cm³/mol. The summed E-state index contributed by atoms with van der Waals surface area (Å²) >= 11 is 11.8. The SMILES string of the molecule is COc1c(I)cc(I)c(C(=O)Cl)c1I. The number of methoxy groups -OCH3 is 1. The maximum atomic E-state index is 11.2. The van der Waals surface area contributed by atoms with Gasteiger partial charge in [-0.05, 0) is 85.4 Å². The molecule has 1 rings (SSSR count). The fourth-order valence-electron chi connectivity index (χ4n) is 0.939. The summed E-state index contributed by atoms with van der Waals surface area (Å²) < 4.78 is 7.77. The van der Waals surface area contributed by atoms with Gasteiger partial charge in [-0.3, -0.25) is 4.79 Å². The standard InChI is InChI=1S/C8H4ClI3O2/c1-14-7-4(11)2-3(10)5(6(7)12)8(9)13/h2H,1H3. The average Bonchev–Trinajstić information content (AvgIpc) is 2.02. The summed E-state index contributed by atoms with van der Waals surface area (Å²) in [7, 11) is 1.58. The molecule has 0 heterocycles. The molecule has 0 aliphatic rings. The summed E-state index contributed by atoms with van der Waals surface area (Å²) in [4.78, 5) is 11.2. The molecule has 0 atom stereocenters. The lowest BCUT2D eigenvalue weighted by Gasteiger charge is -2.10. The van der Waals surface area contributed by atoms with Crippen LogP contribution < -0.4 is 4.74 Å². The lowest BCUT2D eigenvalue weighted by Crippen LogP contribution is -2.02. The first-order valence-electron chi connectivity index (χ1n) is 3.40. The Morgan fingerprint density at radius 2 is 1.93 bits per heavy atom. The van der Waals surface area contributed by atoms with Crippen molar-refractivity contribution in [3.8, 4) is 5.75 Å². The summed E-state index contributed by atoms with van der Waals surface area (Å²) in [5.41, 5.74) is 0.519. The minimum Gasteiger partial charge on any atom is -0.495 e. The van der Waals surface area contributed by atoms with E-state index >= 15 is 0 Å². The Morgan fingerprint density at radius 3 is 2.36 bits per heavy atom. The molecule has 6 heteroatoms. The molecule has 0 spiro atoms. The summed E-state index contributed by atoms with van der Waals surface area (Å²) in [6.07, 6.45) is 0. The first-order valence-corrected chi connectivity index (χ1v) is 7.01. The van der Waals surface area contributed by atoms with Crippen molar-refractivity contribution in [2.45, 2.75) is 0 Å². The highest BCUT2D eigenvalue weighted by Gasteiger charge is 2.18. The van der Waals surface area contributed by atoms with E-state index in [0.29, 0.717) is 11.3 Å². The highest BCUT2D eigenvalue weighted by molar-refractivity contribution is 14.1. The van der Waals surface area contributed by atoms with Gasteiger partial charge in [-0.25, -0.2) is 0 Å². The number of hydrogen-bond acceptors (Lipinski definition) is 2. The van der Waals surface area contributed by atoms with E-state index in [1.165, 1.54) is 0 Å². The van der Waals surface area contributed by atoms with Crippen LogP contribution in [0.1, 0.15) is 10.4 Å². The normalized spacial score (nSPS) is 10.1. The molecule has 0 bridgehead atoms. The van der Waals surface area contributed by atoms with Crippen LogP contribution in [0.15, 0.2) is 6.07 Å². The van der Waals surface area contributed by atoms with Crippen LogP contribution in [-0.4, -0.2) is 12.4 Å². The number of halogens is 4. The molecule has 0 unspecified atom stereocenters. The van der Waals surface area contributed by atoms with Gasteiger partial charge in [-0.2, -0.15) is 0 Å². The van der Waals surface area contributed by atoms with Crippen LogP contribution >= 0.6 is 79.4 Å². The maximum absolute atomic E-state index is 11.2. The van der Waals surface area contributed by atoms with Crippen molar-refractivity contribution in [3.63, 3.8) is 0 Å². The van der Waals surface area contributed by atoms with Crippen molar-refractivity contribution in [1.82, 2.24) is 0 Å². The summed E-state index contributed by atoms with van der Waals surface area (Å²) in [6, 6.07) is 1.87. The zero-order valence-electron chi connectivity index (χ0n) is 6.91. The zero-order valence-corrected chi connectivity index (χ0v) is 14.1. The fourth-order valence-corrected chi connectivity index (χ4v) is 5.76.